The number of nitrogens with zero attached hydrogens (tertiary/aromatic N) is 1. The van der Waals surface area contributed by atoms with Gasteiger partial charge < -0.3 is 10.3 Å². The Labute approximate surface area is 170 Å². The maximum Gasteiger partial charge on any atom is 0.0524 e. The minimum absolute atomic E-state index is 0.442. The molecule has 2 aromatic heterocycles. The number of nitrogens with one attached hydrogen (secondary N) is 2. The summed E-state index contributed by atoms with van der Waals surface area (Å²) in [5.74, 6) is 1.11. The van der Waals surface area contributed by atoms with Gasteiger partial charge in [0.1, 0.15) is 0 Å². The number of hydrogen-bond acceptors (Lipinski definition) is 2. The lowest BCUT2D eigenvalue weighted by Gasteiger charge is -2.23. The molecule has 2 N–H and O–H groups in total. The first-order valence-corrected chi connectivity index (χ1v) is 10.8. The molecule has 0 saturated carbocycles. The van der Waals surface area contributed by atoms with Crippen LogP contribution in [0.3, 0.4) is 0 Å². The SMILES string of the molecule is Cc1cc(-c2[nH]c3ccc(C4CCNCC4)cc3c2C(C)C)c(Br)c(C)n1. The molecule has 0 radical (unpaired) electrons. The van der Waals surface area contributed by atoms with Crippen LogP contribution in [-0.4, -0.2) is 23.1 Å². The number of rotatable bonds is 3. The molecule has 142 valence electrons. The Hall–Kier alpha value is -1.65. The molecule has 0 bridgehead atoms. The smallest absolute Gasteiger partial charge is 0.0524 e. The van der Waals surface area contributed by atoms with Gasteiger partial charge in [0.15, 0.2) is 0 Å². The summed E-state index contributed by atoms with van der Waals surface area (Å²) in [6.07, 6.45) is 2.46. The van der Waals surface area contributed by atoms with Gasteiger partial charge in [-0.1, -0.05) is 19.9 Å². The van der Waals surface area contributed by atoms with Crippen molar-refractivity contribution in [2.45, 2.75) is 52.4 Å². The number of hydrogen-bond donors (Lipinski definition) is 2. The van der Waals surface area contributed by atoms with Gasteiger partial charge in [-0.3, -0.25) is 4.98 Å². The second kappa shape index (κ2) is 7.40. The van der Waals surface area contributed by atoms with Gasteiger partial charge in [0.2, 0.25) is 0 Å². The van der Waals surface area contributed by atoms with Gasteiger partial charge in [-0.05, 0) is 96.9 Å². The molecule has 3 nitrogen and oxygen atoms in total. The van der Waals surface area contributed by atoms with Crippen LogP contribution in [0.4, 0.5) is 0 Å². The van der Waals surface area contributed by atoms with E-state index in [1.165, 1.54) is 46.1 Å². The molecule has 3 heterocycles. The Morgan fingerprint density at radius 1 is 1.11 bits per heavy atom. The number of H-pyrrole nitrogens is 1. The minimum Gasteiger partial charge on any atom is -0.354 e. The van der Waals surface area contributed by atoms with E-state index in [2.05, 4.69) is 83.2 Å². The molecule has 0 amide bonds. The molecule has 0 aliphatic carbocycles. The molecule has 4 rings (SSSR count). The van der Waals surface area contributed by atoms with E-state index < -0.39 is 0 Å². The van der Waals surface area contributed by atoms with Gasteiger partial charge in [-0.25, -0.2) is 0 Å². The number of aryl methyl sites for hydroxylation is 2. The molecule has 3 aromatic rings. The lowest BCUT2D eigenvalue weighted by atomic mass is 9.88. The first-order valence-electron chi connectivity index (χ1n) is 9.96. The number of halogens is 1. The lowest BCUT2D eigenvalue weighted by Crippen LogP contribution is -2.26. The van der Waals surface area contributed by atoms with Crippen molar-refractivity contribution in [2.24, 2.45) is 0 Å². The highest BCUT2D eigenvalue weighted by molar-refractivity contribution is 9.10. The number of pyridine rings is 1. The summed E-state index contributed by atoms with van der Waals surface area (Å²) in [6.45, 7) is 11.0. The van der Waals surface area contributed by atoms with Crippen LogP contribution in [0.15, 0.2) is 28.7 Å². The second-order valence-corrected chi connectivity index (χ2v) is 8.90. The van der Waals surface area contributed by atoms with Gasteiger partial charge in [0, 0.05) is 26.6 Å². The van der Waals surface area contributed by atoms with Crippen molar-refractivity contribution in [3.05, 3.63) is 51.3 Å². The van der Waals surface area contributed by atoms with Crippen LogP contribution in [0.1, 0.15) is 61.0 Å². The minimum atomic E-state index is 0.442. The predicted molar refractivity (Wildman–Crippen MR) is 118 cm³/mol. The van der Waals surface area contributed by atoms with Crippen LogP contribution in [-0.2, 0) is 0 Å². The van der Waals surface area contributed by atoms with Gasteiger partial charge in [-0.15, -0.1) is 0 Å². The van der Waals surface area contributed by atoms with E-state index in [1.54, 1.807) is 0 Å². The fraction of sp³-hybridized carbons (Fsp3) is 0.435. The molecule has 1 saturated heterocycles. The first kappa shape index (κ1) is 18.7. The average molecular weight is 426 g/mol. The summed E-state index contributed by atoms with van der Waals surface area (Å²) in [6, 6.07) is 9.22. The van der Waals surface area contributed by atoms with Gasteiger partial charge >= 0.3 is 0 Å². The van der Waals surface area contributed by atoms with Crippen molar-refractivity contribution < 1.29 is 0 Å². The largest absolute Gasteiger partial charge is 0.354 e. The average Bonchev–Trinajstić information content (AvgIpc) is 3.04. The topological polar surface area (TPSA) is 40.7 Å². The second-order valence-electron chi connectivity index (χ2n) is 8.11. The summed E-state index contributed by atoms with van der Waals surface area (Å²) in [5.41, 5.74) is 8.64. The summed E-state index contributed by atoms with van der Waals surface area (Å²) < 4.78 is 1.08. The third-order valence-electron chi connectivity index (χ3n) is 5.77. The molecule has 27 heavy (non-hydrogen) atoms. The molecule has 1 aromatic carbocycles. The Balaban J connectivity index is 1.90. The molecule has 1 aliphatic heterocycles. The van der Waals surface area contributed by atoms with E-state index in [-0.39, 0.29) is 0 Å². The Morgan fingerprint density at radius 3 is 2.56 bits per heavy atom. The number of aromatic amines is 1. The van der Waals surface area contributed by atoms with Crippen LogP contribution in [0.2, 0.25) is 0 Å². The standard InChI is InChI=1S/C23H28BrN3/c1-13(2)21-18-12-17(16-7-9-25-10-8-16)5-6-20(18)27-23(21)19-11-14(3)26-15(4)22(19)24/h5-6,11-13,16,25,27H,7-10H2,1-4H3. The third-order valence-corrected chi connectivity index (χ3v) is 6.77. The summed E-state index contributed by atoms with van der Waals surface area (Å²) in [5, 5.41) is 4.85. The summed E-state index contributed by atoms with van der Waals surface area (Å²) in [4.78, 5) is 8.31. The fourth-order valence-corrected chi connectivity index (χ4v) is 4.85. The van der Waals surface area contributed by atoms with Crippen LogP contribution in [0.25, 0.3) is 22.2 Å². The zero-order valence-corrected chi connectivity index (χ0v) is 18.2. The van der Waals surface area contributed by atoms with Crippen LogP contribution in [0.5, 0.6) is 0 Å². The quantitative estimate of drug-likeness (QED) is 0.524. The molecule has 0 atom stereocenters. The Bertz CT molecular complexity index is 981. The summed E-state index contributed by atoms with van der Waals surface area (Å²) >= 11 is 3.78. The molecular formula is C23H28BrN3. The Morgan fingerprint density at radius 2 is 1.85 bits per heavy atom. The van der Waals surface area contributed by atoms with E-state index in [0.29, 0.717) is 11.8 Å². The molecule has 1 fully saturated rings. The predicted octanol–water partition coefficient (Wildman–Crippen LogP) is 6.20. The molecule has 1 aliphatic rings. The molecule has 0 unspecified atom stereocenters. The van der Waals surface area contributed by atoms with Crippen LogP contribution >= 0.6 is 15.9 Å². The monoisotopic (exact) mass is 425 g/mol. The van der Waals surface area contributed by atoms with Crippen molar-refractivity contribution in [3.63, 3.8) is 0 Å². The van der Waals surface area contributed by atoms with Crippen molar-refractivity contribution in [1.82, 2.24) is 15.3 Å². The van der Waals surface area contributed by atoms with Gasteiger partial charge in [-0.2, -0.15) is 0 Å². The number of piperidine rings is 1. The normalized spacial score (nSPS) is 15.8. The van der Waals surface area contributed by atoms with Gasteiger partial charge in [0.05, 0.1) is 11.4 Å². The van der Waals surface area contributed by atoms with E-state index in [0.717, 1.165) is 29.0 Å². The third kappa shape index (κ3) is 3.45. The first-order chi connectivity index (χ1) is 13.0. The summed E-state index contributed by atoms with van der Waals surface area (Å²) in [7, 11) is 0. The van der Waals surface area contributed by atoms with Gasteiger partial charge in [0.25, 0.3) is 0 Å². The number of benzene rings is 1. The van der Waals surface area contributed by atoms with Crippen LogP contribution < -0.4 is 5.32 Å². The van der Waals surface area contributed by atoms with Crippen molar-refractivity contribution in [2.75, 3.05) is 13.1 Å². The van der Waals surface area contributed by atoms with Crippen LogP contribution in [0, 0.1) is 13.8 Å². The fourth-order valence-electron chi connectivity index (χ4n) is 4.45. The Kier molecular flexibility index (Phi) is 5.13. The van der Waals surface area contributed by atoms with E-state index in [9.17, 15) is 0 Å². The molecular weight excluding hydrogens is 398 g/mol. The number of fused-ring (bicyclic) bond motifs is 1. The van der Waals surface area contributed by atoms with Crippen molar-refractivity contribution in [3.8, 4) is 11.3 Å². The maximum atomic E-state index is 4.60. The molecule has 4 heteroatoms. The highest BCUT2D eigenvalue weighted by Gasteiger charge is 2.21. The van der Waals surface area contributed by atoms with Crippen molar-refractivity contribution in [1.29, 1.82) is 0 Å². The van der Waals surface area contributed by atoms with E-state index >= 15 is 0 Å². The zero-order chi connectivity index (χ0) is 19.1. The zero-order valence-electron chi connectivity index (χ0n) is 16.6. The van der Waals surface area contributed by atoms with Crippen molar-refractivity contribution >= 4 is 26.8 Å². The highest BCUT2D eigenvalue weighted by atomic mass is 79.9. The van der Waals surface area contributed by atoms with E-state index in [1.807, 2.05) is 0 Å². The highest BCUT2D eigenvalue weighted by Crippen LogP contribution is 2.40. The lowest BCUT2D eigenvalue weighted by molar-refractivity contribution is 0.460. The van der Waals surface area contributed by atoms with E-state index in [4.69, 9.17) is 0 Å². The maximum absolute atomic E-state index is 4.60. The number of aromatic nitrogens is 2. The molecule has 0 spiro atoms.